The standard InChI is InChI=1S/C18H17FN6O/c19-13-7-10(1-2-15(13)26-17-3-4-22-18(21)25-17)11-5-12(6-11)14-8-24-16(20)9-23-14/h1-4,7-9,11-12H,5-6H2,(H2,20,24)(H2,21,22,25). The number of hydrogen-bond donors (Lipinski definition) is 2. The zero-order valence-corrected chi connectivity index (χ0v) is 13.8. The Bertz CT molecular complexity index is 927. The summed E-state index contributed by atoms with van der Waals surface area (Å²) in [4.78, 5) is 16.1. The molecule has 3 aromatic rings. The first-order valence-electron chi connectivity index (χ1n) is 8.21. The molecule has 0 amide bonds. The van der Waals surface area contributed by atoms with E-state index in [4.69, 9.17) is 16.2 Å². The van der Waals surface area contributed by atoms with Crippen LogP contribution in [-0.4, -0.2) is 19.9 Å². The zero-order valence-electron chi connectivity index (χ0n) is 13.8. The number of anilines is 2. The number of hydrogen-bond acceptors (Lipinski definition) is 7. The second-order valence-corrected chi connectivity index (χ2v) is 6.28. The molecule has 0 bridgehead atoms. The van der Waals surface area contributed by atoms with Gasteiger partial charge in [0.15, 0.2) is 11.6 Å². The Labute approximate surface area is 149 Å². The fraction of sp³-hybridized carbons (Fsp3) is 0.222. The lowest BCUT2D eigenvalue weighted by molar-refractivity contribution is 0.342. The molecular formula is C18H17FN6O. The van der Waals surface area contributed by atoms with E-state index < -0.39 is 5.82 Å². The van der Waals surface area contributed by atoms with E-state index >= 15 is 0 Å². The van der Waals surface area contributed by atoms with Gasteiger partial charge in [-0.2, -0.15) is 4.98 Å². The Balaban J connectivity index is 1.43. The van der Waals surface area contributed by atoms with Crippen LogP contribution in [0.3, 0.4) is 0 Å². The largest absolute Gasteiger partial charge is 0.436 e. The van der Waals surface area contributed by atoms with Gasteiger partial charge in [-0.25, -0.2) is 14.4 Å². The molecule has 2 heterocycles. The molecule has 0 aliphatic heterocycles. The maximum atomic E-state index is 14.4. The Kier molecular flexibility index (Phi) is 4.08. The Hall–Kier alpha value is -3.29. The number of aromatic nitrogens is 4. The summed E-state index contributed by atoms with van der Waals surface area (Å²) in [7, 11) is 0. The average Bonchev–Trinajstić information content (AvgIpc) is 2.58. The van der Waals surface area contributed by atoms with Crippen molar-refractivity contribution in [3.05, 3.63) is 59.9 Å². The molecule has 1 fully saturated rings. The molecule has 1 aliphatic carbocycles. The van der Waals surface area contributed by atoms with E-state index in [0.717, 1.165) is 24.1 Å². The summed E-state index contributed by atoms with van der Waals surface area (Å²) in [5.41, 5.74) is 12.9. The third-order valence-corrected chi connectivity index (χ3v) is 4.54. The third kappa shape index (κ3) is 3.26. The lowest BCUT2D eigenvalue weighted by Gasteiger charge is -2.35. The van der Waals surface area contributed by atoms with Crippen molar-refractivity contribution in [2.75, 3.05) is 11.5 Å². The first kappa shape index (κ1) is 16.2. The third-order valence-electron chi connectivity index (χ3n) is 4.54. The van der Waals surface area contributed by atoms with Gasteiger partial charge in [0.25, 0.3) is 0 Å². The normalized spacial score (nSPS) is 19.0. The second-order valence-electron chi connectivity index (χ2n) is 6.28. The van der Waals surface area contributed by atoms with Gasteiger partial charge in [0, 0.05) is 18.2 Å². The molecule has 0 radical (unpaired) electrons. The summed E-state index contributed by atoms with van der Waals surface area (Å²) in [6, 6.07) is 6.52. The fourth-order valence-corrected chi connectivity index (χ4v) is 3.07. The molecule has 1 aromatic carbocycles. The van der Waals surface area contributed by atoms with Crippen molar-refractivity contribution in [2.24, 2.45) is 0 Å². The minimum Gasteiger partial charge on any atom is -0.436 e. The molecule has 0 spiro atoms. The number of nitrogen functional groups attached to an aromatic ring is 2. The highest BCUT2D eigenvalue weighted by Crippen LogP contribution is 2.47. The fourth-order valence-electron chi connectivity index (χ4n) is 3.07. The van der Waals surface area contributed by atoms with E-state index in [1.165, 1.54) is 18.3 Å². The van der Waals surface area contributed by atoms with Crippen LogP contribution in [0.25, 0.3) is 0 Å². The first-order chi connectivity index (χ1) is 12.6. The maximum Gasteiger partial charge on any atom is 0.224 e. The van der Waals surface area contributed by atoms with Gasteiger partial charge in [0.05, 0.1) is 18.1 Å². The van der Waals surface area contributed by atoms with Crippen LogP contribution in [0.2, 0.25) is 0 Å². The van der Waals surface area contributed by atoms with Gasteiger partial charge in [-0.15, -0.1) is 0 Å². The second kappa shape index (κ2) is 6.55. The van der Waals surface area contributed by atoms with Crippen LogP contribution in [0.4, 0.5) is 16.2 Å². The van der Waals surface area contributed by atoms with Gasteiger partial charge in [-0.3, -0.25) is 4.98 Å². The predicted molar refractivity (Wildman–Crippen MR) is 94.1 cm³/mol. The molecule has 2 aromatic heterocycles. The molecule has 132 valence electrons. The van der Waals surface area contributed by atoms with E-state index in [1.54, 1.807) is 18.5 Å². The van der Waals surface area contributed by atoms with E-state index in [-0.39, 0.29) is 23.5 Å². The van der Waals surface area contributed by atoms with Crippen LogP contribution in [0.15, 0.2) is 42.9 Å². The molecule has 8 heteroatoms. The molecule has 26 heavy (non-hydrogen) atoms. The van der Waals surface area contributed by atoms with E-state index in [9.17, 15) is 4.39 Å². The van der Waals surface area contributed by atoms with Gasteiger partial charge in [-0.1, -0.05) is 6.07 Å². The van der Waals surface area contributed by atoms with Crippen molar-refractivity contribution in [3.63, 3.8) is 0 Å². The predicted octanol–water partition coefficient (Wildman–Crippen LogP) is 3.02. The number of ether oxygens (including phenoxy) is 1. The lowest BCUT2D eigenvalue weighted by atomic mass is 9.70. The van der Waals surface area contributed by atoms with E-state index in [1.807, 2.05) is 6.07 Å². The summed E-state index contributed by atoms with van der Waals surface area (Å²) < 4.78 is 19.8. The molecule has 7 nitrogen and oxygen atoms in total. The molecule has 0 unspecified atom stereocenters. The van der Waals surface area contributed by atoms with Crippen LogP contribution in [-0.2, 0) is 0 Å². The van der Waals surface area contributed by atoms with Crippen LogP contribution in [0.1, 0.15) is 35.9 Å². The van der Waals surface area contributed by atoms with Crippen LogP contribution < -0.4 is 16.2 Å². The highest BCUT2D eigenvalue weighted by molar-refractivity contribution is 5.36. The molecule has 1 aliphatic rings. The van der Waals surface area contributed by atoms with Crippen molar-refractivity contribution in [1.29, 1.82) is 0 Å². The summed E-state index contributed by atoms with van der Waals surface area (Å²) in [5.74, 6) is 0.976. The average molecular weight is 352 g/mol. The van der Waals surface area contributed by atoms with Gasteiger partial charge in [0.1, 0.15) is 5.82 Å². The topological polar surface area (TPSA) is 113 Å². The Morgan fingerprint density at radius 2 is 1.85 bits per heavy atom. The Morgan fingerprint density at radius 1 is 1.00 bits per heavy atom. The summed E-state index contributed by atoms with van der Waals surface area (Å²) in [6.07, 6.45) is 6.54. The molecule has 0 saturated heterocycles. The number of rotatable bonds is 4. The van der Waals surface area contributed by atoms with E-state index in [2.05, 4.69) is 19.9 Å². The van der Waals surface area contributed by atoms with Crippen molar-refractivity contribution in [1.82, 2.24) is 19.9 Å². The van der Waals surface area contributed by atoms with Crippen LogP contribution in [0, 0.1) is 5.82 Å². The zero-order chi connectivity index (χ0) is 18.1. The van der Waals surface area contributed by atoms with Gasteiger partial charge < -0.3 is 16.2 Å². The van der Waals surface area contributed by atoms with E-state index in [0.29, 0.717) is 11.7 Å². The van der Waals surface area contributed by atoms with Crippen LogP contribution >= 0.6 is 0 Å². The Morgan fingerprint density at radius 3 is 2.54 bits per heavy atom. The van der Waals surface area contributed by atoms with Gasteiger partial charge >= 0.3 is 0 Å². The van der Waals surface area contributed by atoms with Gasteiger partial charge in [-0.05, 0) is 36.5 Å². The SMILES string of the molecule is Nc1cnc(C2CC(c3ccc(Oc4ccnc(N)n4)c(F)c3)C2)cn1. The lowest BCUT2D eigenvalue weighted by Crippen LogP contribution is -2.21. The van der Waals surface area contributed by atoms with Crippen molar-refractivity contribution in [3.8, 4) is 11.6 Å². The summed E-state index contributed by atoms with van der Waals surface area (Å²) in [5, 5.41) is 0. The number of halogens is 1. The maximum absolute atomic E-state index is 14.4. The molecule has 4 N–H and O–H groups in total. The molecule has 0 atom stereocenters. The van der Waals surface area contributed by atoms with Crippen molar-refractivity contribution < 1.29 is 9.13 Å². The van der Waals surface area contributed by atoms with Crippen molar-refractivity contribution >= 4 is 11.8 Å². The summed E-state index contributed by atoms with van der Waals surface area (Å²) >= 11 is 0. The van der Waals surface area contributed by atoms with Gasteiger partial charge in [0.2, 0.25) is 11.8 Å². The minimum absolute atomic E-state index is 0.0748. The highest BCUT2D eigenvalue weighted by Gasteiger charge is 2.33. The number of nitrogens with two attached hydrogens (primary N) is 2. The first-order valence-corrected chi connectivity index (χ1v) is 8.21. The minimum atomic E-state index is -0.435. The highest BCUT2D eigenvalue weighted by atomic mass is 19.1. The molecule has 4 rings (SSSR count). The number of nitrogens with zero attached hydrogens (tertiary/aromatic N) is 4. The monoisotopic (exact) mass is 352 g/mol. The van der Waals surface area contributed by atoms with Crippen molar-refractivity contribution in [2.45, 2.75) is 24.7 Å². The molecule has 1 saturated carbocycles. The number of benzene rings is 1. The smallest absolute Gasteiger partial charge is 0.224 e. The van der Waals surface area contributed by atoms with Crippen LogP contribution in [0.5, 0.6) is 11.6 Å². The summed E-state index contributed by atoms with van der Waals surface area (Å²) in [6.45, 7) is 0. The quantitative estimate of drug-likeness (QED) is 0.742. The molecular weight excluding hydrogens is 335 g/mol.